The second-order valence-corrected chi connectivity index (χ2v) is 11.6. The molecule has 21 heavy (non-hydrogen) atoms. The summed E-state index contributed by atoms with van der Waals surface area (Å²) in [6.45, 7) is 11.9. The highest BCUT2D eigenvalue weighted by molar-refractivity contribution is 8.67. The molecule has 0 amide bonds. The Hall–Kier alpha value is 0.400. The van der Waals surface area contributed by atoms with Crippen LogP contribution in [0.4, 0.5) is 0 Å². The molecule has 0 aromatic rings. The maximum Gasteiger partial charge on any atom is 0.245 e. The molecule has 0 fully saturated rings. The molecule has 0 aromatic heterocycles. The Morgan fingerprint density at radius 2 is 1.71 bits per heavy atom. The molecule has 3 atom stereocenters. The van der Waals surface area contributed by atoms with Crippen LogP contribution in [-0.4, -0.2) is 16.2 Å². The van der Waals surface area contributed by atoms with Crippen LogP contribution in [0.2, 0.25) is 0 Å². The van der Waals surface area contributed by atoms with E-state index >= 15 is 0 Å². The van der Waals surface area contributed by atoms with Gasteiger partial charge in [-0.2, -0.15) is 0 Å². The molecular weight excluding hydrogens is 319 g/mol. The predicted molar refractivity (Wildman–Crippen MR) is 101 cm³/mol. The van der Waals surface area contributed by atoms with E-state index in [1.165, 1.54) is 11.4 Å². The summed E-state index contributed by atoms with van der Waals surface area (Å²) in [5.41, 5.74) is -2.79. The van der Waals surface area contributed by atoms with Gasteiger partial charge in [-0.3, -0.25) is 0 Å². The third kappa shape index (κ3) is 11.6. The van der Waals surface area contributed by atoms with E-state index in [0.717, 1.165) is 51.4 Å². The van der Waals surface area contributed by atoms with Crippen molar-refractivity contribution < 1.29 is 9.42 Å². The monoisotopic (exact) mass is 350 g/mol. The summed E-state index contributed by atoms with van der Waals surface area (Å²) < 4.78 is 5.88. The smallest absolute Gasteiger partial charge is 0.245 e. The molecule has 0 aliphatic heterocycles. The van der Waals surface area contributed by atoms with Crippen molar-refractivity contribution in [2.45, 2.75) is 76.6 Å². The van der Waals surface area contributed by atoms with E-state index < -0.39 is 5.69 Å². The molecule has 0 rings (SSSR count). The van der Waals surface area contributed by atoms with E-state index in [0.29, 0.717) is 5.25 Å². The average molecular weight is 351 g/mol. The Bertz CT molecular complexity index is 306. The average Bonchev–Trinajstić information content (AvgIpc) is 2.42. The van der Waals surface area contributed by atoms with Gasteiger partial charge in [0.1, 0.15) is 0 Å². The number of allylic oxidation sites excluding steroid dienone is 1. The fraction of sp³-hybridized carbons (Fsp3) is 0.750. The van der Waals surface area contributed by atoms with Crippen molar-refractivity contribution in [2.75, 3.05) is 0 Å². The zero-order valence-corrected chi connectivity index (χ0v) is 16.0. The van der Waals surface area contributed by atoms with Crippen LogP contribution >= 0.6 is 17.1 Å². The predicted octanol–water partition coefficient (Wildman–Crippen LogP) is 6.22. The van der Waals surface area contributed by atoms with Gasteiger partial charge < -0.3 is 9.42 Å². The molecule has 0 saturated heterocycles. The van der Waals surface area contributed by atoms with Crippen LogP contribution in [0.25, 0.3) is 0 Å². The molecular formula is C16H31O2PS2. The molecule has 0 bridgehead atoms. The van der Waals surface area contributed by atoms with Gasteiger partial charge in [0.25, 0.3) is 0 Å². The highest BCUT2D eigenvalue weighted by Gasteiger charge is 2.24. The van der Waals surface area contributed by atoms with Gasteiger partial charge in [-0.1, -0.05) is 63.1 Å². The molecule has 0 radical (unpaired) electrons. The van der Waals surface area contributed by atoms with Crippen LogP contribution in [0.1, 0.15) is 65.2 Å². The summed E-state index contributed by atoms with van der Waals surface area (Å²) in [4.78, 5) is 10.5. The van der Waals surface area contributed by atoms with Gasteiger partial charge in [-0.25, -0.2) is 0 Å². The van der Waals surface area contributed by atoms with E-state index in [4.69, 9.17) is 16.3 Å². The first kappa shape index (κ1) is 21.4. The lowest BCUT2D eigenvalue weighted by Crippen LogP contribution is -2.11. The Morgan fingerprint density at radius 3 is 2.24 bits per heavy atom. The van der Waals surface area contributed by atoms with Crippen molar-refractivity contribution in [1.29, 1.82) is 0 Å². The van der Waals surface area contributed by atoms with Crippen LogP contribution in [0.5, 0.6) is 0 Å². The third-order valence-electron chi connectivity index (χ3n) is 3.18. The number of hydrogen-bond acceptors (Lipinski definition) is 3. The molecule has 0 aliphatic rings. The molecule has 0 heterocycles. The van der Waals surface area contributed by atoms with Crippen LogP contribution < -0.4 is 0 Å². The summed E-state index contributed by atoms with van der Waals surface area (Å²) in [5, 5.41) is 0.314. The molecule has 2 nitrogen and oxygen atoms in total. The molecule has 0 aromatic carbocycles. The lowest BCUT2D eigenvalue weighted by atomic mass is 10.1. The van der Waals surface area contributed by atoms with Gasteiger partial charge in [0, 0.05) is 5.25 Å². The van der Waals surface area contributed by atoms with Crippen molar-refractivity contribution in [3.05, 3.63) is 25.3 Å². The molecule has 0 aliphatic carbocycles. The van der Waals surface area contributed by atoms with E-state index in [-0.39, 0.29) is 6.10 Å². The fourth-order valence-corrected chi connectivity index (χ4v) is 7.23. The Morgan fingerprint density at radius 1 is 1.14 bits per heavy atom. The van der Waals surface area contributed by atoms with Gasteiger partial charge >= 0.3 is 0 Å². The number of unbranched alkanes of at least 4 members (excludes halogenated alkanes) is 2. The third-order valence-corrected chi connectivity index (χ3v) is 7.72. The van der Waals surface area contributed by atoms with Gasteiger partial charge in [-0.15, -0.1) is 13.2 Å². The summed E-state index contributed by atoms with van der Waals surface area (Å²) in [5.74, 6) is 0. The van der Waals surface area contributed by atoms with Crippen molar-refractivity contribution in [3.63, 3.8) is 0 Å². The van der Waals surface area contributed by atoms with Crippen LogP contribution in [0.15, 0.2) is 25.3 Å². The van der Waals surface area contributed by atoms with Crippen molar-refractivity contribution >= 4 is 28.9 Å². The van der Waals surface area contributed by atoms with Crippen molar-refractivity contribution in [3.8, 4) is 0 Å². The zero-order valence-electron chi connectivity index (χ0n) is 13.5. The Labute approximate surface area is 140 Å². The Balaban J connectivity index is 4.54. The second-order valence-electron chi connectivity index (χ2n) is 5.26. The van der Waals surface area contributed by atoms with Crippen molar-refractivity contribution in [1.82, 2.24) is 0 Å². The molecule has 0 saturated carbocycles. The fourth-order valence-electron chi connectivity index (χ4n) is 2.06. The second kappa shape index (κ2) is 12.9. The van der Waals surface area contributed by atoms with Gasteiger partial charge in [0.05, 0.1) is 6.10 Å². The summed E-state index contributed by atoms with van der Waals surface area (Å²) in [6, 6.07) is 0. The largest absolute Gasteiger partial charge is 0.337 e. The van der Waals surface area contributed by atoms with Gasteiger partial charge in [0.2, 0.25) is 5.69 Å². The lowest BCUT2D eigenvalue weighted by Gasteiger charge is -2.25. The highest BCUT2D eigenvalue weighted by Crippen LogP contribution is 2.60. The highest BCUT2D eigenvalue weighted by atomic mass is 32.9. The SMILES string of the molecule is C=CCC(CCCC)OP(O)(=S)SC(CC=C)CCCC. The van der Waals surface area contributed by atoms with Crippen LogP contribution in [0, 0.1) is 0 Å². The minimum Gasteiger partial charge on any atom is -0.337 e. The topological polar surface area (TPSA) is 29.5 Å². The molecule has 5 heteroatoms. The quantitative estimate of drug-likeness (QED) is 0.297. The minimum absolute atomic E-state index is 0.00124. The molecule has 1 N–H and O–H groups in total. The standard InChI is InChI=1S/C16H31O2PS2/c1-5-9-13-15(11-7-3)18-19(17,20)21-16(12-8-4)14-10-6-2/h7-8,15-16H,3-6,9-14H2,1-2H3,(H,17,20). The first-order chi connectivity index (χ1) is 9.99. The Kier molecular flexibility index (Phi) is 13.1. The molecule has 0 spiro atoms. The molecule has 124 valence electrons. The number of rotatable bonds is 14. The van der Waals surface area contributed by atoms with Crippen LogP contribution in [-0.2, 0) is 16.3 Å². The zero-order chi connectivity index (χ0) is 16.1. The van der Waals surface area contributed by atoms with E-state index in [1.54, 1.807) is 0 Å². The summed E-state index contributed by atoms with van der Waals surface area (Å²) >= 11 is 6.82. The normalized spacial score (nSPS) is 16.9. The first-order valence-corrected chi connectivity index (χ1v) is 12.1. The maximum absolute atomic E-state index is 10.5. The van der Waals surface area contributed by atoms with Gasteiger partial charge in [0.15, 0.2) is 0 Å². The maximum atomic E-state index is 10.5. The first-order valence-electron chi connectivity index (χ1n) is 7.90. The van der Waals surface area contributed by atoms with E-state index in [2.05, 4.69) is 27.0 Å². The lowest BCUT2D eigenvalue weighted by molar-refractivity contribution is 0.197. The van der Waals surface area contributed by atoms with Crippen molar-refractivity contribution in [2.24, 2.45) is 0 Å². The summed E-state index contributed by atoms with van der Waals surface area (Å²) in [6.07, 6.45) is 11.9. The van der Waals surface area contributed by atoms with E-state index in [9.17, 15) is 4.89 Å². The molecule has 3 unspecified atom stereocenters. The minimum atomic E-state index is -2.79. The number of hydrogen-bond donors (Lipinski definition) is 1. The summed E-state index contributed by atoms with van der Waals surface area (Å²) in [7, 11) is 0. The van der Waals surface area contributed by atoms with E-state index in [1.807, 2.05) is 12.2 Å². The van der Waals surface area contributed by atoms with Crippen LogP contribution in [0.3, 0.4) is 0 Å². The van der Waals surface area contributed by atoms with Gasteiger partial charge in [-0.05, 0) is 37.5 Å².